The van der Waals surface area contributed by atoms with E-state index in [1.54, 1.807) is 52.2 Å². The molecule has 2 amide bonds. The van der Waals surface area contributed by atoms with Gasteiger partial charge >= 0.3 is 28.3 Å². The summed E-state index contributed by atoms with van der Waals surface area (Å²) >= 11 is 0. The fraction of sp³-hybridized carbons (Fsp3) is 0.531. The molecule has 2 aromatic heterocycles. The Balaban J connectivity index is 1.25. The molecule has 0 spiro atoms. The van der Waals surface area contributed by atoms with Gasteiger partial charge in [-0.2, -0.15) is 8.42 Å². The maximum Gasteiger partial charge on any atom is 0.413 e. The molecule has 4 heterocycles. The molecule has 5 atom stereocenters. The van der Waals surface area contributed by atoms with E-state index in [2.05, 4.69) is 20.3 Å². The lowest BCUT2D eigenvalue weighted by Crippen LogP contribution is -2.43. The lowest BCUT2D eigenvalue weighted by Gasteiger charge is -2.29. The van der Waals surface area contributed by atoms with Crippen LogP contribution in [-0.2, 0) is 48.5 Å². The number of nitrogen functional groups attached to an aromatic ring is 1. The number of carboxylic acids is 2. The third-order valence-corrected chi connectivity index (χ3v) is 9.50. The maximum absolute atomic E-state index is 13.2. The predicted octanol–water partition coefficient (Wildman–Crippen LogP) is 1.59. The first-order chi connectivity index (χ1) is 24.7. The summed E-state index contributed by atoms with van der Waals surface area (Å²) < 4.78 is 58.5. The number of fused-ring (bicyclic) bond motifs is 2. The van der Waals surface area contributed by atoms with Gasteiger partial charge < -0.3 is 40.2 Å². The van der Waals surface area contributed by atoms with Crippen LogP contribution in [0.25, 0.3) is 11.2 Å². The van der Waals surface area contributed by atoms with Crippen molar-refractivity contribution >= 4 is 51.2 Å². The SMILES string of the molecule is Cc1cc(C)c(C(C)(C)CC(=O)NS(=O)(=O)OC[C@H]2O[C@@H](n3cnc4c(N)ncnc43)[C@@H]3OC(C)(C)O[C@@H]32)c(OC(=O)N[C@@H](CCC(=O)O)C(=O)O)c1. The summed E-state index contributed by atoms with van der Waals surface area (Å²) in [5.74, 6) is -4.55. The Kier molecular flexibility index (Phi) is 11.0. The number of hydrogen-bond donors (Lipinski definition) is 5. The van der Waals surface area contributed by atoms with Gasteiger partial charge in [0.2, 0.25) is 5.91 Å². The largest absolute Gasteiger partial charge is 0.481 e. The molecule has 0 aliphatic carbocycles. The molecule has 53 heavy (non-hydrogen) atoms. The van der Waals surface area contributed by atoms with Crippen LogP contribution in [0.1, 0.15) is 69.9 Å². The van der Waals surface area contributed by atoms with Crippen LogP contribution in [0.15, 0.2) is 24.8 Å². The van der Waals surface area contributed by atoms with Crippen LogP contribution in [0.5, 0.6) is 5.75 Å². The van der Waals surface area contributed by atoms with Crippen molar-refractivity contribution in [2.24, 2.45) is 0 Å². The predicted molar refractivity (Wildman–Crippen MR) is 181 cm³/mol. The molecule has 20 nitrogen and oxygen atoms in total. The molecule has 2 fully saturated rings. The van der Waals surface area contributed by atoms with Gasteiger partial charge in [0.05, 0.1) is 12.9 Å². The first-order valence-electron chi connectivity index (χ1n) is 16.3. The van der Waals surface area contributed by atoms with E-state index < -0.39 is 95.5 Å². The molecule has 5 rings (SSSR count). The summed E-state index contributed by atoms with van der Waals surface area (Å²) in [4.78, 5) is 60.9. The number of carboxylic acid groups (broad SMARTS) is 2. The number of benzene rings is 1. The maximum atomic E-state index is 13.2. The van der Waals surface area contributed by atoms with Crippen LogP contribution >= 0.6 is 0 Å². The summed E-state index contributed by atoms with van der Waals surface area (Å²) in [6, 6.07) is 1.72. The molecule has 3 aromatic rings. The van der Waals surface area contributed by atoms with Crippen LogP contribution in [-0.4, -0.2) is 98.8 Å². The Morgan fingerprint density at radius 2 is 1.79 bits per heavy atom. The van der Waals surface area contributed by atoms with Gasteiger partial charge in [0.25, 0.3) is 0 Å². The smallest absolute Gasteiger partial charge is 0.413 e. The fourth-order valence-corrected chi connectivity index (χ4v) is 7.32. The number of aryl methyl sites for hydroxylation is 2. The number of rotatable bonds is 14. The summed E-state index contributed by atoms with van der Waals surface area (Å²) in [5.41, 5.74) is 7.10. The first-order valence-corrected chi connectivity index (χ1v) is 17.8. The average Bonchev–Trinajstić information content (AvgIpc) is 3.68. The first kappa shape index (κ1) is 39.3. The zero-order valence-electron chi connectivity index (χ0n) is 29.7. The van der Waals surface area contributed by atoms with Gasteiger partial charge in [-0.1, -0.05) is 19.9 Å². The van der Waals surface area contributed by atoms with Crippen molar-refractivity contribution in [1.82, 2.24) is 29.6 Å². The third kappa shape index (κ3) is 8.99. The van der Waals surface area contributed by atoms with E-state index in [4.69, 9.17) is 34.0 Å². The minimum absolute atomic E-state index is 0.0108. The number of ether oxygens (including phenoxy) is 4. The van der Waals surface area contributed by atoms with E-state index in [9.17, 15) is 32.7 Å². The zero-order chi connectivity index (χ0) is 39.0. The molecule has 0 bridgehead atoms. The normalized spacial score (nSPS) is 21.5. The van der Waals surface area contributed by atoms with E-state index in [1.165, 1.54) is 18.7 Å². The van der Waals surface area contributed by atoms with Gasteiger partial charge in [0.1, 0.15) is 41.9 Å². The minimum Gasteiger partial charge on any atom is -0.481 e. The van der Waals surface area contributed by atoms with Crippen LogP contribution < -0.4 is 20.5 Å². The lowest BCUT2D eigenvalue weighted by molar-refractivity contribution is -0.198. The molecule has 0 saturated carbocycles. The fourth-order valence-electron chi connectivity index (χ4n) is 6.60. The second-order valence-corrected chi connectivity index (χ2v) is 15.2. The van der Waals surface area contributed by atoms with Gasteiger partial charge in [-0.25, -0.2) is 29.3 Å². The molecule has 21 heteroatoms. The molecule has 0 radical (unpaired) electrons. The molecule has 288 valence electrons. The van der Waals surface area contributed by atoms with Crippen molar-refractivity contribution in [1.29, 1.82) is 0 Å². The number of hydrogen-bond acceptors (Lipinski definition) is 15. The Bertz CT molecular complexity index is 2030. The van der Waals surface area contributed by atoms with Crippen molar-refractivity contribution in [3.05, 3.63) is 41.5 Å². The van der Waals surface area contributed by atoms with Gasteiger partial charge in [0.15, 0.2) is 23.5 Å². The number of nitrogens with zero attached hydrogens (tertiary/aromatic N) is 4. The van der Waals surface area contributed by atoms with Crippen molar-refractivity contribution in [3.63, 3.8) is 0 Å². The second kappa shape index (κ2) is 14.8. The molecule has 2 aliphatic rings. The number of aromatic nitrogens is 4. The van der Waals surface area contributed by atoms with Crippen LogP contribution in [0, 0.1) is 13.8 Å². The molecular weight excluding hydrogens is 722 g/mol. The van der Waals surface area contributed by atoms with Crippen molar-refractivity contribution < 1.29 is 60.9 Å². The van der Waals surface area contributed by atoms with Crippen LogP contribution in [0.4, 0.5) is 10.6 Å². The summed E-state index contributed by atoms with van der Waals surface area (Å²) in [6.45, 7) is 9.51. The Morgan fingerprint density at radius 1 is 1.09 bits per heavy atom. The van der Waals surface area contributed by atoms with E-state index >= 15 is 0 Å². The summed E-state index contributed by atoms with van der Waals surface area (Å²) in [7, 11) is -4.70. The molecule has 1 aromatic carbocycles. The third-order valence-electron chi connectivity index (χ3n) is 8.58. The number of imidazole rings is 1. The number of amides is 2. The average molecular weight is 764 g/mol. The topological polar surface area (TPSA) is 283 Å². The number of nitrogens with two attached hydrogens (primary N) is 1. The molecule has 2 saturated heterocycles. The summed E-state index contributed by atoms with van der Waals surface area (Å²) in [5, 5.41) is 20.5. The van der Waals surface area contributed by atoms with E-state index in [1.807, 2.05) is 4.72 Å². The lowest BCUT2D eigenvalue weighted by atomic mass is 9.78. The van der Waals surface area contributed by atoms with Gasteiger partial charge in [-0.3, -0.25) is 18.3 Å². The van der Waals surface area contributed by atoms with Crippen LogP contribution in [0.3, 0.4) is 0 Å². The second-order valence-electron chi connectivity index (χ2n) is 13.8. The monoisotopic (exact) mass is 763 g/mol. The van der Waals surface area contributed by atoms with E-state index in [0.29, 0.717) is 27.9 Å². The van der Waals surface area contributed by atoms with E-state index in [0.717, 1.165) is 0 Å². The highest BCUT2D eigenvalue weighted by molar-refractivity contribution is 7.85. The zero-order valence-corrected chi connectivity index (χ0v) is 30.5. The van der Waals surface area contributed by atoms with E-state index in [-0.39, 0.29) is 18.0 Å². The number of aliphatic carboxylic acids is 2. The highest BCUT2D eigenvalue weighted by Crippen LogP contribution is 2.44. The highest BCUT2D eigenvalue weighted by atomic mass is 32.2. The molecular formula is C32H41N7O13S. The Hall–Kier alpha value is -4.96. The van der Waals surface area contributed by atoms with Crippen molar-refractivity contribution in [2.75, 3.05) is 12.3 Å². The standard InChI is InChI=1S/C32H41N7O13S/c1-15-9-16(2)22(18(10-15)50-30(45)37-17(29(43)44)7-8-21(41)42)31(3,4)11-20(40)38-53(46,47)48-12-19-24-25(52-32(5,6)51-24)28(49-19)39-14-36-23-26(33)34-13-35-27(23)39/h9-10,13-14,17,19,24-25,28H,7-8,11-12H2,1-6H3,(H,37,45)(H,38,40)(H,41,42)(H,43,44)(H2,33,34,35)/t17-,19+,24+,25+,28+/m0/s1. The molecule has 6 N–H and O–H groups in total. The molecule has 2 aliphatic heterocycles. The van der Waals surface area contributed by atoms with Crippen molar-refractivity contribution in [3.8, 4) is 5.75 Å². The quantitative estimate of drug-likeness (QED) is 0.156. The number of nitrogens with one attached hydrogen (secondary N) is 2. The number of carbonyl (C=O) groups is 4. The number of anilines is 1. The Morgan fingerprint density at radius 3 is 2.47 bits per heavy atom. The molecule has 0 unspecified atom stereocenters. The highest BCUT2D eigenvalue weighted by Gasteiger charge is 2.56. The van der Waals surface area contributed by atoms with Gasteiger partial charge in [-0.05, 0) is 51.3 Å². The Labute approximate surface area is 303 Å². The van der Waals surface area contributed by atoms with Gasteiger partial charge in [0, 0.05) is 23.8 Å². The number of carbonyl (C=O) groups excluding carboxylic acids is 2. The van der Waals surface area contributed by atoms with Crippen LogP contribution in [0.2, 0.25) is 0 Å². The van der Waals surface area contributed by atoms with Crippen molar-refractivity contribution in [2.45, 2.75) is 103 Å². The minimum atomic E-state index is -4.70. The summed E-state index contributed by atoms with van der Waals surface area (Å²) in [6.07, 6.45) is -3.10. The van der Waals surface area contributed by atoms with Gasteiger partial charge in [-0.15, -0.1) is 0 Å².